The van der Waals surface area contributed by atoms with Crippen LogP contribution >= 0.6 is 38.9 Å². The van der Waals surface area contributed by atoms with Crippen molar-refractivity contribution in [3.8, 4) is 10.6 Å². The number of nitrogens with zero attached hydrogens (tertiary/aromatic N) is 1. The van der Waals surface area contributed by atoms with Crippen LogP contribution in [0, 0.1) is 0 Å². The number of halogens is 5. The summed E-state index contributed by atoms with van der Waals surface area (Å²) in [6, 6.07) is 4.02. The quantitative estimate of drug-likeness (QED) is 0.663. The van der Waals surface area contributed by atoms with Crippen LogP contribution in [0.5, 0.6) is 0 Å². The minimum atomic E-state index is -4.41. The van der Waals surface area contributed by atoms with Crippen molar-refractivity contribution in [2.75, 3.05) is 0 Å². The molecule has 0 bridgehead atoms. The van der Waals surface area contributed by atoms with Gasteiger partial charge < -0.3 is 0 Å². The fourth-order valence-electron chi connectivity index (χ4n) is 1.43. The first-order valence-electron chi connectivity index (χ1n) is 4.79. The lowest BCUT2D eigenvalue weighted by Gasteiger charge is -2.11. The molecule has 1 heterocycles. The van der Waals surface area contributed by atoms with Gasteiger partial charge in [-0.05, 0) is 12.1 Å². The molecule has 0 atom stereocenters. The van der Waals surface area contributed by atoms with Crippen LogP contribution in [0.25, 0.3) is 10.6 Å². The Morgan fingerprint density at radius 3 is 2.61 bits per heavy atom. The molecule has 2 rings (SSSR count). The lowest BCUT2D eigenvalue weighted by Crippen LogP contribution is -2.07. The van der Waals surface area contributed by atoms with Crippen LogP contribution in [0.2, 0.25) is 0 Å². The molecule has 0 radical (unpaired) electrons. The van der Waals surface area contributed by atoms with Gasteiger partial charge in [0.05, 0.1) is 17.1 Å². The zero-order valence-corrected chi connectivity index (χ0v) is 11.9. The monoisotopic (exact) mass is 355 g/mol. The molecular formula is C11H6BrClF3NS. The molecule has 1 aromatic carbocycles. The highest BCUT2D eigenvalue weighted by Crippen LogP contribution is 2.39. The standard InChI is InChI=1S/C11H6BrClF3NS/c12-6-1-2-8(9(3-6)11(14,15)16)10-17-7(4-13)5-18-10/h1-3,5H,4H2. The van der Waals surface area contributed by atoms with Gasteiger partial charge in [-0.1, -0.05) is 22.0 Å². The third-order valence-electron chi connectivity index (χ3n) is 2.21. The fourth-order valence-corrected chi connectivity index (χ4v) is 2.88. The number of thiazole rings is 1. The summed E-state index contributed by atoms with van der Waals surface area (Å²) >= 11 is 9.79. The lowest BCUT2D eigenvalue weighted by atomic mass is 10.1. The van der Waals surface area contributed by atoms with Gasteiger partial charge in [0.25, 0.3) is 0 Å². The smallest absolute Gasteiger partial charge is 0.240 e. The molecule has 0 amide bonds. The number of alkyl halides is 4. The highest BCUT2D eigenvalue weighted by Gasteiger charge is 2.34. The average Bonchev–Trinajstić information content (AvgIpc) is 2.76. The van der Waals surface area contributed by atoms with Crippen molar-refractivity contribution in [2.24, 2.45) is 0 Å². The Labute approximate surface area is 119 Å². The normalized spacial score (nSPS) is 11.8. The summed E-state index contributed by atoms with van der Waals surface area (Å²) in [6.45, 7) is 0. The van der Waals surface area contributed by atoms with Gasteiger partial charge >= 0.3 is 6.18 Å². The van der Waals surface area contributed by atoms with Crippen LogP contribution in [0.1, 0.15) is 11.3 Å². The Hall–Kier alpha value is -0.590. The van der Waals surface area contributed by atoms with Crippen molar-refractivity contribution in [3.05, 3.63) is 39.3 Å². The molecule has 0 saturated carbocycles. The summed E-state index contributed by atoms with van der Waals surface area (Å²) in [5.41, 5.74) is -0.0490. The van der Waals surface area contributed by atoms with Gasteiger partial charge in [-0.15, -0.1) is 22.9 Å². The van der Waals surface area contributed by atoms with Gasteiger partial charge in [-0.3, -0.25) is 0 Å². The van der Waals surface area contributed by atoms with Crippen LogP contribution in [0.15, 0.2) is 28.1 Å². The second kappa shape index (κ2) is 5.19. The van der Waals surface area contributed by atoms with Crippen molar-refractivity contribution in [1.82, 2.24) is 4.98 Å². The van der Waals surface area contributed by atoms with E-state index >= 15 is 0 Å². The van der Waals surface area contributed by atoms with E-state index in [2.05, 4.69) is 20.9 Å². The maximum atomic E-state index is 12.9. The maximum Gasteiger partial charge on any atom is 0.417 e. The minimum Gasteiger partial charge on any atom is -0.240 e. The molecule has 0 fully saturated rings. The number of hydrogen-bond acceptors (Lipinski definition) is 2. The zero-order valence-electron chi connectivity index (χ0n) is 8.76. The molecule has 1 aromatic heterocycles. The van der Waals surface area contributed by atoms with Crippen molar-refractivity contribution < 1.29 is 13.2 Å². The van der Waals surface area contributed by atoms with Gasteiger partial charge in [-0.25, -0.2) is 4.98 Å². The van der Waals surface area contributed by atoms with Crippen molar-refractivity contribution in [3.63, 3.8) is 0 Å². The SMILES string of the molecule is FC(F)(F)c1cc(Br)ccc1-c1nc(CCl)cs1. The van der Waals surface area contributed by atoms with E-state index < -0.39 is 11.7 Å². The highest BCUT2D eigenvalue weighted by atomic mass is 79.9. The first-order chi connectivity index (χ1) is 8.41. The predicted molar refractivity (Wildman–Crippen MR) is 69.8 cm³/mol. The molecule has 0 aliphatic carbocycles. The van der Waals surface area contributed by atoms with Gasteiger partial charge in [0.15, 0.2) is 0 Å². The van der Waals surface area contributed by atoms with E-state index in [1.54, 1.807) is 11.4 Å². The summed E-state index contributed by atoms with van der Waals surface area (Å²) in [6.07, 6.45) is -4.41. The molecule has 18 heavy (non-hydrogen) atoms. The molecular weight excluding hydrogens is 351 g/mol. The minimum absolute atomic E-state index is 0.0760. The van der Waals surface area contributed by atoms with Crippen LogP contribution in [-0.4, -0.2) is 4.98 Å². The van der Waals surface area contributed by atoms with E-state index in [9.17, 15) is 13.2 Å². The Kier molecular flexibility index (Phi) is 3.99. The Morgan fingerprint density at radius 2 is 2.06 bits per heavy atom. The number of aromatic nitrogens is 1. The molecule has 0 aliphatic rings. The zero-order chi connectivity index (χ0) is 13.3. The maximum absolute atomic E-state index is 12.9. The molecule has 0 unspecified atom stereocenters. The largest absolute Gasteiger partial charge is 0.417 e. The number of benzene rings is 1. The number of rotatable bonds is 2. The van der Waals surface area contributed by atoms with E-state index in [4.69, 9.17) is 11.6 Å². The van der Waals surface area contributed by atoms with Crippen LogP contribution in [-0.2, 0) is 12.1 Å². The van der Waals surface area contributed by atoms with Gasteiger partial charge in [0.1, 0.15) is 5.01 Å². The third-order valence-corrected chi connectivity index (χ3v) is 3.90. The summed E-state index contributed by atoms with van der Waals surface area (Å²) in [5, 5.41) is 1.98. The summed E-state index contributed by atoms with van der Waals surface area (Å²) in [7, 11) is 0. The first kappa shape index (κ1) is 13.8. The summed E-state index contributed by atoms with van der Waals surface area (Å²) < 4.78 is 39.2. The molecule has 1 nitrogen and oxygen atoms in total. The van der Waals surface area contributed by atoms with Gasteiger partial charge in [0.2, 0.25) is 0 Å². The molecule has 0 spiro atoms. The van der Waals surface area contributed by atoms with E-state index in [-0.39, 0.29) is 11.4 Å². The molecule has 7 heteroatoms. The van der Waals surface area contributed by atoms with Crippen LogP contribution in [0.3, 0.4) is 0 Å². The molecule has 2 aromatic rings. The highest BCUT2D eigenvalue weighted by molar-refractivity contribution is 9.10. The van der Waals surface area contributed by atoms with Gasteiger partial charge in [-0.2, -0.15) is 13.2 Å². The molecule has 0 saturated heterocycles. The molecule has 0 N–H and O–H groups in total. The first-order valence-corrected chi connectivity index (χ1v) is 7.00. The predicted octanol–water partition coefficient (Wildman–Crippen LogP) is 5.33. The number of hydrogen-bond donors (Lipinski definition) is 0. The van der Waals surface area contributed by atoms with E-state index in [1.165, 1.54) is 6.07 Å². The van der Waals surface area contributed by atoms with E-state index in [0.29, 0.717) is 15.2 Å². The second-order valence-corrected chi connectivity index (χ2v) is 5.51. The van der Waals surface area contributed by atoms with Gasteiger partial charge in [0, 0.05) is 15.4 Å². The Balaban J connectivity index is 2.56. The summed E-state index contributed by atoms with van der Waals surface area (Å²) in [5.74, 6) is 0.189. The summed E-state index contributed by atoms with van der Waals surface area (Å²) in [4.78, 5) is 4.07. The van der Waals surface area contributed by atoms with Crippen molar-refractivity contribution in [1.29, 1.82) is 0 Å². The Morgan fingerprint density at radius 1 is 1.33 bits per heavy atom. The fraction of sp³-hybridized carbons (Fsp3) is 0.182. The van der Waals surface area contributed by atoms with Crippen molar-refractivity contribution in [2.45, 2.75) is 12.1 Å². The third kappa shape index (κ3) is 2.87. The lowest BCUT2D eigenvalue weighted by molar-refractivity contribution is -0.137. The Bertz CT molecular complexity index is 568. The van der Waals surface area contributed by atoms with E-state index in [1.807, 2.05) is 0 Å². The topological polar surface area (TPSA) is 12.9 Å². The molecule has 0 aliphatic heterocycles. The van der Waals surface area contributed by atoms with Crippen molar-refractivity contribution >= 4 is 38.9 Å². The van der Waals surface area contributed by atoms with Crippen LogP contribution in [0.4, 0.5) is 13.2 Å². The second-order valence-electron chi connectivity index (χ2n) is 3.47. The average molecular weight is 357 g/mol. The van der Waals surface area contributed by atoms with E-state index in [0.717, 1.165) is 17.4 Å². The molecule has 96 valence electrons. The van der Waals surface area contributed by atoms with Crippen LogP contribution < -0.4 is 0 Å².